The van der Waals surface area contributed by atoms with Gasteiger partial charge in [-0.15, -0.1) is 0 Å². The van der Waals surface area contributed by atoms with Gasteiger partial charge in [0.05, 0.1) is 17.2 Å². The van der Waals surface area contributed by atoms with Gasteiger partial charge in [-0.05, 0) is 35.9 Å². The van der Waals surface area contributed by atoms with Gasteiger partial charge in [-0.25, -0.2) is 0 Å². The van der Waals surface area contributed by atoms with Gasteiger partial charge in [-0.3, -0.25) is 4.79 Å². The average Bonchev–Trinajstić information content (AvgIpc) is 2.87. The highest BCUT2D eigenvalue weighted by molar-refractivity contribution is 6.37. The number of carbonyl (C=O) groups excluding carboxylic acids is 1. The van der Waals surface area contributed by atoms with Crippen LogP contribution in [0.3, 0.4) is 0 Å². The zero-order valence-electron chi connectivity index (χ0n) is 10.3. The third kappa shape index (κ3) is 2.39. The molecule has 0 saturated heterocycles. The number of ketones is 1. The van der Waals surface area contributed by atoms with E-state index in [1.54, 1.807) is 24.3 Å². The van der Waals surface area contributed by atoms with Crippen molar-refractivity contribution in [1.29, 1.82) is 0 Å². The molecule has 2 nitrogen and oxygen atoms in total. The summed E-state index contributed by atoms with van der Waals surface area (Å²) >= 11 is 18.1. The van der Waals surface area contributed by atoms with Crippen molar-refractivity contribution in [2.75, 3.05) is 6.61 Å². The molecule has 0 atom stereocenters. The Morgan fingerprint density at radius 2 is 1.75 bits per heavy atom. The summed E-state index contributed by atoms with van der Waals surface area (Å²) < 4.78 is 5.54. The molecule has 102 valence electrons. The van der Waals surface area contributed by atoms with Gasteiger partial charge in [0.1, 0.15) is 5.75 Å². The van der Waals surface area contributed by atoms with Crippen LogP contribution in [0, 0.1) is 0 Å². The molecule has 3 rings (SSSR count). The Hall–Kier alpha value is -1.22. The van der Waals surface area contributed by atoms with E-state index in [1.165, 1.54) is 0 Å². The Bertz CT molecular complexity index is 711. The molecule has 1 heterocycles. The molecule has 2 aromatic rings. The van der Waals surface area contributed by atoms with E-state index in [-0.39, 0.29) is 5.78 Å². The molecule has 0 unspecified atom stereocenters. The number of ether oxygens (including phenoxy) is 1. The predicted octanol–water partition coefficient (Wildman–Crippen LogP) is 4.81. The smallest absolute Gasteiger partial charge is 0.198 e. The maximum atomic E-state index is 12.6. The molecule has 0 aliphatic carbocycles. The lowest BCUT2D eigenvalue weighted by atomic mass is 9.99. The van der Waals surface area contributed by atoms with E-state index >= 15 is 0 Å². The quantitative estimate of drug-likeness (QED) is 0.740. The van der Waals surface area contributed by atoms with E-state index in [2.05, 4.69) is 0 Å². The molecule has 0 fully saturated rings. The molecule has 0 amide bonds. The molecule has 1 aliphatic heterocycles. The number of carbonyl (C=O) groups is 1. The molecular weight excluding hydrogens is 319 g/mol. The predicted molar refractivity (Wildman–Crippen MR) is 80.5 cm³/mol. The molecule has 0 aromatic heterocycles. The lowest BCUT2D eigenvalue weighted by Crippen LogP contribution is -2.05. The summed E-state index contributed by atoms with van der Waals surface area (Å²) in [6.07, 6.45) is 0.749. The summed E-state index contributed by atoms with van der Waals surface area (Å²) in [5, 5.41) is 1.32. The summed E-state index contributed by atoms with van der Waals surface area (Å²) in [5.74, 6) is 0.355. The van der Waals surface area contributed by atoms with E-state index < -0.39 is 0 Å². The first kappa shape index (κ1) is 13.7. The normalized spacial score (nSPS) is 12.9. The second-order valence-corrected chi connectivity index (χ2v) is 5.77. The average molecular weight is 328 g/mol. The number of fused-ring (bicyclic) bond motifs is 1. The van der Waals surface area contributed by atoms with Gasteiger partial charge < -0.3 is 4.74 Å². The SMILES string of the molecule is O=C(c1cc(Cl)ccc1Cl)c1cc(Cl)cc2c1OCC2. The number of rotatable bonds is 2. The van der Waals surface area contributed by atoms with Crippen molar-refractivity contribution >= 4 is 40.6 Å². The van der Waals surface area contributed by atoms with Crippen LogP contribution in [0.25, 0.3) is 0 Å². The number of halogens is 3. The summed E-state index contributed by atoms with van der Waals surface area (Å²) in [4.78, 5) is 12.6. The van der Waals surface area contributed by atoms with E-state index in [0.717, 1.165) is 12.0 Å². The lowest BCUT2D eigenvalue weighted by Gasteiger charge is -2.09. The van der Waals surface area contributed by atoms with Crippen molar-refractivity contribution in [3.8, 4) is 5.75 Å². The molecular formula is C15H9Cl3O2. The molecule has 2 aromatic carbocycles. The van der Waals surface area contributed by atoms with Crippen molar-refractivity contribution < 1.29 is 9.53 Å². The zero-order chi connectivity index (χ0) is 14.3. The van der Waals surface area contributed by atoms with Gasteiger partial charge in [-0.2, -0.15) is 0 Å². The Balaban J connectivity index is 2.14. The van der Waals surface area contributed by atoms with Gasteiger partial charge in [0.15, 0.2) is 5.78 Å². The van der Waals surface area contributed by atoms with Crippen LogP contribution in [0.2, 0.25) is 15.1 Å². The monoisotopic (exact) mass is 326 g/mol. The minimum Gasteiger partial charge on any atom is -0.492 e. The minimum atomic E-state index is -0.238. The first-order valence-corrected chi connectivity index (χ1v) is 7.14. The van der Waals surface area contributed by atoms with Crippen LogP contribution < -0.4 is 4.74 Å². The Morgan fingerprint density at radius 3 is 2.55 bits per heavy atom. The number of hydrogen-bond acceptors (Lipinski definition) is 2. The highest BCUT2D eigenvalue weighted by Gasteiger charge is 2.24. The highest BCUT2D eigenvalue weighted by atomic mass is 35.5. The van der Waals surface area contributed by atoms with Gasteiger partial charge in [0.25, 0.3) is 0 Å². The third-order valence-electron chi connectivity index (χ3n) is 3.17. The molecule has 0 bridgehead atoms. The van der Waals surface area contributed by atoms with Crippen molar-refractivity contribution in [1.82, 2.24) is 0 Å². The molecule has 20 heavy (non-hydrogen) atoms. The Morgan fingerprint density at radius 1 is 1.00 bits per heavy atom. The Labute approximate surface area is 131 Å². The molecule has 0 saturated carbocycles. The zero-order valence-corrected chi connectivity index (χ0v) is 12.5. The van der Waals surface area contributed by atoms with E-state index in [4.69, 9.17) is 39.5 Å². The van der Waals surface area contributed by atoms with Crippen LogP contribution in [-0.4, -0.2) is 12.4 Å². The highest BCUT2D eigenvalue weighted by Crippen LogP contribution is 2.35. The summed E-state index contributed by atoms with van der Waals surface area (Å²) in [6.45, 7) is 0.555. The minimum absolute atomic E-state index is 0.238. The van der Waals surface area contributed by atoms with Crippen molar-refractivity contribution in [2.24, 2.45) is 0 Å². The number of benzene rings is 2. The second-order valence-electron chi connectivity index (χ2n) is 4.49. The molecule has 0 radical (unpaired) electrons. The molecule has 5 heteroatoms. The van der Waals surface area contributed by atoms with E-state index in [9.17, 15) is 4.79 Å². The summed E-state index contributed by atoms with van der Waals surface area (Å²) in [6, 6.07) is 8.21. The van der Waals surface area contributed by atoms with Crippen LogP contribution in [0.5, 0.6) is 5.75 Å². The van der Waals surface area contributed by atoms with Gasteiger partial charge >= 0.3 is 0 Å². The first-order valence-electron chi connectivity index (χ1n) is 6.01. The Kier molecular flexibility index (Phi) is 3.63. The van der Waals surface area contributed by atoms with E-state index in [1.807, 2.05) is 6.07 Å². The van der Waals surface area contributed by atoms with Crippen LogP contribution in [0.4, 0.5) is 0 Å². The van der Waals surface area contributed by atoms with Crippen molar-refractivity contribution in [3.63, 3.8) is 0 Å². The summed E-state index contributed by atoms with van der Waals surface area (Å²) in [5.41, 5.74) is 1.72. The van der Waals surface area contributed by atoms with Crippen LogP contribution >= 0.6 is 34.8 Å². The first-order chi connectivity index (χ1) is 9.56. The molecule has 0 spiro atoms. The molecule has 0 N–H and O–H groups in total. The van der Waals surface area contributed by atoms with Crippen LogP contribution in [-0.2, 0) is 6.42 Å². The maximum absolute atomic E-state index is 12.6. The fraction of sp³-hybridized carbons (Fsp3) is 0.133. The third-order valence-corrected chi connectivity index (χ3v) is 3.95. The molecule has 1 aliphatic rings. The van der Waals surface area contributed by atoms with Crippen molar-refractivity contribution in [2.45, 2.75) is 6.42 Å². The van der Waals surface area contributed by atoms with E-state index in [0.29, 0.717) is 38.6 Å². The van der Waals surface area contributed by atoms with Gasteiger partial charge in [-0.1, -0.05) is 34.8 Å². The fourth-order valence-electron chi connectivity index (χ4n) is 2.25. The topological polar surface area (TPSA) is 26.3 Å². The van der Waals surface area contributed by atoms with Gasteiger partial charge in [0, 0.05) is 22.0 Å². The second kappa shape index (κ2) is 5.28. The van der Waals surface area contributed by atoms with Gasteiger partial charge in [0.2, 0.25) is 0 Å². The standard InChI is InChI=1S/C15H9Cl3O2/c16-9-1-2-13(18)11(6-9)14(19)12-7-10(17)5-8-3-4-20-15(8)12/h1-2,5-7H,3-4H2. The van der Waals surface area contributed by atoms with Crippen LogP contribution in [0.15, 0.2) is 30.3 Å². The summed E-state index contributed by atoms with van der Waals surface area (Å²) in [7, 11) is 0. The van der Waals surface area contributed by atoms with Crippen molar-refractivity contribution in [3.05, 3.63) is 62.1 Å². The number of hydrogen-bond donors (Lipinski definition) is 0. The lowest BCUT2D eigenvalue weighted by molar-refractivity contribution is 0.103. The maximum Gasteiger partial charge on any atom is 0.198 e. The fourth-order valence-corrected chi connectivity index (χ4v) is 2.87. The largest absolute Gasteiger partial charge is 0.492 e. The van der Waals surface area contributed by atoms with Crippen LogP contribution in [0.1, 0.15) is 21.5 Å².